The number of halogens is 1. The second-order valence-corrected chi connectivity index (χ2v) is 7.47. The van der Waals surface area contributed by atoms with E-state index in [1.165, 1.54) is 10.4 Å². The van der Waals surface area contributed by atoms with E-state index in [0.29, 0.717) is 11.6 Å². The van der Waals surface area contributed by atoms with Gasteiger partial charge in [-0.3, -0.25) is 0 Å². The third-order valence-corrected chi connectivity index (χ3v) is 5.66. The predicted molar refractivity (Wildman–Crippen MR) is 88.2 cm³/mol. The minimum Gasteiger partial charge on any atom is -0.316 e. The smallest absolute Gasteiger partial charge is 0.243 e. The lowest BCUT2D eigenvalue weighted by Crippen LogP contribution is -2.37. The molecule has 0 saturated carbocycles. The zero-order valence-corrected chi connectivity index (χ0v) is 14.6. The molecule has 0 aliphatic carbocycles. The molecule has 0 bridgehead atoms. The van der Waals surface area contributed by atoms with Crippen molar-refractivity contribution in [1.29, 1.82) is 0 Å². The van der Waals surface area contributed by atoms with E-state index in [2.05, 4.69) is 11.9 Å². The maximum absolute atomic E-state index is 12.9. The van der Waals surface area contributed by atoms with Gasteiger partial charge in [0.15, 0.2) is 0 Å². The quantitative estimate of drug-likeness (QED) is 0.782. The summed E-state index contributed by atoms with van der Waals surface area (Å²) in [5, 5.41) is 3.45. The summed E-state index contributed by atoms with van der Waals surface area (Å²) in [6, 6.07) is 3.16. The first-order chi connectivity index (χ1) is 9.75. The molecule has 0 aliphatic rings. The Morgan fingerprint density at radius 3 is 2.52 bits per heavy atom. The normalized spacial score (nSPS) is 12.1. The van der Waals surface area contributed by atoms with Crippen LogP contribution < -0.4 is 5.32 Å². The summed E-state index contributed by atoms with van der Waals surface area (Å²) in [5.74, 6) is 0. The van der Waals surface area contributed by atoms with Crippen molar-refractivity contribution in [1.82, 2.24) is 9.62 Å². The van der Waals surface area contributed by atoms with Crippen LogP contribution in [-0.4, -0.2) is 32.4 Å². The van der Waals surface area contributed by atoms with E-state index in [1.807, 2.05) is 27.8 Å². The summed E-state index contributed by atoms with van der Waals surface area (Å²) in [6.07, 6.45) is 1.59. The van der Waals surface area contributed by atoms with Gasteiger partial charge in [0.2, 0.25) is 10.0 Å². The van der Waals surface area contributed by atoms with Crippen molar-refractivity contribution >= 4 is 21.6 Å². The van der Waals surface area contributed by atoms with Crippen LogP contribution in [0.15, 0.2) is 29.7 Å². The molecule has 118 valence electrons. The summed E-state index contributed by atoms with van der Waals surface area (Å²) in [6.45, 7) is 9.97. The van der Waals surface area contributed by atoms with Gasteiger partial charge in [0.25, 0.3) is 0 Å². The van der Waals surface area contributed by atoms with Crippen LogP contribution in [-0.2, 0) is 16.6 Å². The molecule has 0 radical (unpaired) electrons. The highest BCUT2D eigenvalue weighted by Crippen LogP contribution is 2.28. The van der Waals surface area contributed by atoms with Crippen LogP contribution in [0, 0.1) is 6.92 Å². The maximum Gasteiger partial charge on any atom is 0.243 e. The number of hydrogen-bond donors (Lipinski definition) is 1. The van der Waals surface area contributed by atoms with Gasteiger partial charge in [-0.25, -0.2) is 8.42 Å². The molecule has 0 amide bonds. The Labute approximate surface area is 132 Å². The topological polar surface area (TPSA) is 49.4 Å². The zero-order valence-electron chi connectivity index (χ0n) is 13.0. The molecule has 0 spiro atoms. The van der Waals surface area contributed by atoms with Crippen molar-refractivity contribution in [2.75, 3.05) is 13.6 Å². The molecule has 0 fully saturated rings. The van der Waals surface area contributed by atoms with Crippen molar-refractivity contribution in [2.24, 2.45) is 0 Å². The Kier molecular flexibility index (Phi) is 6.41. The fraction of sp³-hybridized carbons (Fsp3) is 0.467. The molecule has 0 aliphatic heterocycles. The number of hydrogen-bond acceptors (Lipinski definition) is 3. The molecular weight excluding hydrogens is 308 g/mol. The summed E-state index contributed by atoms with van der Waals surface area (Å²) < 4.78 is 27.2. The van der Waals surface area contributed by atoms with Crippen molar-refractivity contribution in [3.8, 4) is 0 Å². The molecule has 0 saturated heterocycles. The third-order valence-electron chi connectivity index (χ3n) is 3.27. The van der Waals surface area contributed by atoms with Gasteiger partial charge in [0.05, 0.1) is 4.90 Å². The SMILES string of the molecule is C=CCN(C(C)C)S(=O)(=O)c1cc(Cl)cc(CNC)c1C. The number of sulfonamides is 1. The minimum absolute atomic E-state index is 0.154. The van der Waals surface area contributed by atoms with Crippen LogP contribution in [0.25, 0.3) is 0 Å². The van der Waals surface area contributed by atoms with Crippen molar-refractivity contribution in [3.63, 3.8) is 0 Å². The first-order valence-electron chi connectivity index (χ1n) is 6.82. The molecule has 1 aromatic rings. The molecule has 4 nitrogen and oxygen atoms in total. The molecule has 21 heavy (non-hydrogen) atoms. The van der Waals surface area contributed by atoms with E-state index in [1.54, 1.807) is 12.1 Å². The molecule has 0 atom stereocenters. The number of nitrogens with zero attached hydrogens (tertiary/aromatic N) is 1. The van der Waals surface area contributed by atoms with Crippen LogP contribution in [0.5, 0.6) is 0 Å². The van der Waals surface area contributed by atoms with Gasteiger partial charge in [-0.2, -0.15) is 4.31 Å². The standard InChI is InChI=1S/C15H23ClN2O2S/c1-6-7-18(11(2)3)21(19,20)15-9-14(16)8-13(10-17-5)12(15)4/h6,8-9,11,17H,1,7,10H2,2-5H3. The Hall–Kier alpha value is -0.880. The Morgan fingerprint density at radius 2 is 2.05 bits per heavy atom. The Morgan fingerprint density at radius 1 is 1.43 bits per heavy atom. The summed E-state index contributed by atoms with van der Waals surface area (Å²) in [4.78, 5) is 0.260. The van der Waals surface area contributed by atoms with E-state index in [4.69, 9.17) is 11.6 Å². The fourth-order valence-electron chi connectivity index (χ4n) is 2.19. The average molecular weight is 331 g/mol. The lowest BCUT2D eigenvalue weighted by Gasteiger charge is -2.26. The molecule has 6 heteroatoms. The molecule has 0 heterocycles. The zero-order chi connectivity index (χ0) is 16.2. The van der Waals surface area contributed by atoms with Crippen LogP contribution >= 0.6 is 11.6 Å². The molecule has 1 aromatic carbocycles. The highest BCUT2D eigenvalue weighted by Gasteiger charge is 2.28. The van der Waals surface area contributed by atoms with Crippen LogP contribution in [0.2, 0.25) is 5.02 Å². The van der Waals surface area contributed by atoms with Crippen molar-refractivity contribution in [3.05, 3.63) is 40.9 Å². The van der Waals surface area contributed by atoms with E-state index in [-0.39, 0.29) is 17.5 Å². The van der Waals surface area contributed by atoms with E-state index < -0.39 is 10.0 Å². The second-order valence-electron chi connectivity index (χ2n) is 5.18. The van der Waals surface area contributed by atoms with Crippen LogP contribution in [0.3, 0.4) is 0 Å². The van der Waals surface area contributed by atoms with Gasteiger partial charge in [-0.1, -0.05) is 17.7 Å². The largest absolute Gasteiger partial charge is 0.316 e. The number of benzene rings is 1. The molecule has 1 rings (SSSR count). The Balaban J connectivity index is 3.46. The Bertz CT molecular complexity index is 612. The lowest BCUT2D eigenvalue weighted by molar-refractivity contribution is 0.382. The minimum atomic E-state index is -3.61. The van der Waals surface area contributed by atoms with Gasteiger partial charge < -0.3 is 5.32 Å². The number of nitrogens with one attached hydrogen (secondary N) is 1. The first-order valence-corrected chi connectivity index (χ1v) is 8.63. The summed E-state index contributed by atoms with van der Waals surface area (Å²) in [5.41, 5.74) is 1.61. The van der Waals surface area contributed by atoms with Gasteiger partial charge in [0, 0.05) is 24.2 Å². The third kappa shape index (κ3) is 4.07. The van der Waals surface area contributed by atoms with E-state index in [0.717, 1.165) is 11.1 Å². The van der Waals surface area contributed by atoms with Crippen LogP contribution in [0.1, 0.15) is 25.0 Å². The predicted octanol–water partition coefficient (Wildman–Crippen LogP) is 2.95. The van der Waals surface area contributed by atoms with Crippen molar-refractivity contribution in [2.45, 2.75) is 38.3 Å². The van der Waals surface area contributed by atoms with E-state index >= 15 is 0 Å². The highest BCUT2D eigenvalue weighted by atomic mass is 35.5. The van der Waals surface area contributed by atoms with Gasteiger partial charge in [-0.05, 0) is 51.1 Å². The molecular formula is C15H23ClN2O2S. The van der Waals surface area contributed by atoms with E-state index in [9.17, 15) is 8.42 Å². The number of rotatable bonds is 7. The van der Waals surface area contributed by atoms with Gasteiger partial charge in [-0.15, -0.1) is 6.58 Å². The van der Waals surface area contributed by atoms with Crippen molar-refractivity contribution < 1.29 is 8.42 Å². The summed E-state index contributed by atoms with van der Waals surface area (Å²) in [7, 11) is -1.79. The second kappa shape index (κ2) is 7.40. The fourth-order valence-corrected chi connectivity index (χ4v) is 4.40. The molecule has 0 aromatic heterocycles. The first kappa shape index (κ1) is 18.2. The lowest BCUT2D eigenvalue weighted by atomic mass is 10.1. The monoisotopic (exact) mass is 330 g/mol. The molecule has 0 unspecified atom stereocenters. The average Bonchev–Trinajstić information content (AvgIpc) is 2.39. The molecule has 1 N–H and O–H groups in total. The van der Waals surface area contributed by atoms with Crippen LogP contribution in [0.4, 0.5) is 0 Å². The maximum atomic E-state index is 12.9. The van der Waals surface area contributed by atoms with Gasteiger partial charge >= 0.3 is 0 Å². The highest BCUT2D eigenvalue weighted by molar-refractivity contribution is 7.89. The van der Waals surface area contributed by atoms with Gasteiger partial charge in [0.1, 0.15) is 0 Å². The summed E-state index contributed by atoms with van der Waals surface area (Å²) >= 11 is 6.09.